The maximum Gasteiger partial charge on any atom is 0.269 e. The second kappa shape index (κ2) is 5.51. The lowest BCUT2D eigenvalue weighted by Gasteiger charge is -2.09. The molecule has 0 amide bonds. The van der Waals surface area contributed by atoms with Gasteiger partial charge in [-0.3, -0.25) is 0 Å². The molecule has 108 valence electrons. The molecule has 0 aliphatic rings. The first-order valence-electron chi connectivity index (χ1n) is 6.20. The van der Waals surface area contributed by atoms with Gasteiger partial charge in [0.05, 0.1) is 10.4 Å². The van der Waals surface area contributed by atoms with Gasteiger partial charge in [0, 0.05) is 10.3 Å². The summed E-state index contributed by atoms with van der Waals surface area (Å²) in [5, 5.41) is 0.927. The third-order valence-corrected chi connectivity index (χ3v) is 6.58. The molecule has 0 radical (unpaired) electrons. The Bertz CT molecular complexity index is 902. The van der Waals surface area contributed by atoms with Crippen LogP contribution in [0.4, 0.5) is 0 Å². The van der Waals surface area contributed by atoms with Crippen LogP contribution in [0, 0.1) is 0 Å². The van der Waals surface area contributed by atoms with Crippen molar-refractivity contribution in [2.75, 3.05) is 6.26 Å². The molecule has 0 saturated carbocycles. The Kier molecular flexibility index (Phi) is 3.86. The Morgan fingerprint density at radius 1 is 1.05 bits per heavy atom. The van der Waals surface area contributed by atoms with Crippen LogP contribution >= 0.6 is 27.7 Å². The molecule has 6 heteroatoms. The summed E-state index contributed by atoms with van der Waals surface area (Å²) >= 11 is 4.98. The monoisotopic (exact) mass is 381 g/mol. The highest BCUT2D eigenvalue weighted by atomic mass is 79.9. The number of hydrogen-bond acceptors (Lipinski definition) is 3. The quantitative estimate of drug-likeness (QED) is 0.632. The van der Waals surface area contributed by atoms with Crippen molar-refractivity contribution in [3.8, 4) is 0 Å². The minimum atomic E-state index is -3.62. The average molecular weight is 382 g/mol. The van der Waals surface area contributed by atoms with Crippen LogP contribution in [0.1, 0.15) is 0 Å². The molecule has 0 bridgehead atoms. The second-order valence-electron chi connectivity index (χ2n) is 4.44. The topological polar surface area (TPSA) is 39.1 Å². The number of rotatable bonds is 3. The fraction of sp³-hybridized carbons (Fsp3) is 0.0667. The number of fused-ring (bicyclic) bond motifs is 1. The van der Waals surface area contributed by atoms with Gasteiger partial charge in [0.15, 0.2) is 0 Å². The summed E-state index contributed by atoms with van der Waals surface area (Å²) in [5.41, 5.74) is 0.678. The molecule has 0 saturated heterocycles. The van der Waals surface area contributed by atoms with Crippen molar-refractivity contribution in [3.05, 3.63) is 59.2 Å². The first-order valence-corrected chi connectivity index (χ1v) is 9.66. The van der Waals surface area contributed by atoms with E-state index in [2.05, 4.69) is 15.9 Å². The summed E-state index contributed by atoms with van der Waals surface area (Å²) < 4.78 is 27.6. The van der Waals surface area contributed by atoms with Crippen molar-refractivity contribution >= 4 is 48.6 Å². The number of thioether (sulfide) groups is 1. The largest absolute Gasteiger partial charge is 0.269 e. The second-order valence-corrected chi connectivity index (χ2v) is 7.89. The van der Waals surface area contributed by atoms with Crippen LogP contribution in [-0.2, 0) is 10.0 Å². The molecule has 0 N–H and O–H groups in total. The molecule has 0 spiro atoms. The van der Waals surface area contributed by atoms with Crippen LogP contribution in [0.3, 0.4) is 0 Å². The predicted molar refractivity (Wildman–Crippen MR) is 90.4 cm³/mol. The van der Waals surface area contributed by atoms with Gasteiger partial charge in [-0.05, 0) is 52.5 Å². The van der Waals surface area contributed by atoms with Gasteiger partial charge in [-0.2, -0.15) is 0 Å². The van der Waals surface area contributed by atoms with Crippen LogP contribution in [0.5, 0.6) is 0 Å². The Hall–Kier alpha value is -1.24. The molecule has 3 rings (SSSR count). The third-order valence-electron chi connectivity index (χ3n) is 3.22. The SMILES string of the molecule is CSc1cccc2c1cc(Br)n2S(=O)(=O)c1ccccc1. The number of nitrogens with zero attached hydrogens (tertiary/aromatic N) is 1. The fourth-order valence-electron chi connectivity index (χ4n) is 2.27. The minimum Gasteiger partial charge on any atom is -0.227 e. The maximum absolute atomic E-state index is 12.9. The van der Waals surface area contributed by atoms with Crippen molar-refractivity contribution in [3.63, 3.8) is 0 Å². The number of benzene rings is 2. The van der Waals surface area contributed by atoms with Crippen molar-refractivity contribution in [2.24, 2.45) is 0 Å². The van der Waals surface area contributed by atoms with E-state index in [0.29, 0.717) is 10.1 Å². The van der Waals surface area contributed by atoms with E-state index >= 15 is 0 Å². The zero-order valence-corrected chi connectivity index (χ0v) is 14.4. The summed E-state index contributed by atoms with van der Waals surface area (Å²) in [6.45, 7) is 0. The maximum atomic E-state index is 12.9. The third kappa shape index (κ3) is 2.41. The molecule has 1 aromatic heterocycles. The van der Waals surface area contributed by atoms with Gasteiger partial charge in [-0.15, -0.1) is 11.8 Å². The molecule has 3 aromatic rings. The number of halogens is 1. The van der Waals surface area contributed by atoms with Crippen LogP contribution in [0.2, 0.25) is 0 Å². The lowest BCUT2D eigenvalue weighted by molar-refractivity contribution is 0.588. The number of hydrogen-bond donors (Lipinski definition) is 0. The summed E-state index contributed by atoms with van der Waals surface area (Å²) in [4.78, 5) is 1.33. The van der Waals surface area contributed by atoms with E-state index in [9.17, 15) is 8.42 Å². The van der Waals surface area contributed by atoms with E-state index in [1.807, 2.05) is 30.5 Å². The van der Waals surface area contributed by atoms with E-state index < -0.39 is 10.0 Å². The summed E-state index contributed by atoms with van der Waals surface area (Å²) in [6.07, 6.45) is 1.98. The van der Waals surface area contributed by atoms with Gasteiger partial charge >= 0.3 is 0 Å². The molecular formula is C15H12BrNO2S2. The highest BCUT2D eigenvalue weighted by Crippen LogP contribution is 2.34. The van der Waals surface area contributed by atoms with Gasteiger partial charge in [0.1, 0.15) is 4.60 Å². The van der Waals surface area contributed by atoms with Gasteiger partial charge < -0.3 is 0 Å². The van der Waals surface area contributed by atoms with Crippen LogP contribution < -0.4 is 0 Å². The molecule has 0 unspecified atom stereocenters. The van der Waals surface area contributed by atoms with Crippen molar-refractivity contribution in [1.82, 2.24) is 3.97 Å². The normalized spacial score (nSPS) is 11.9. The highest BCUT2D eigenvalue weighted by Gasteiger charge is 2.22. The molecule has 2 aromatic carbocycles. The lowest BCUT2D eigenvalue weighted by atomic mass is 10.2. The van der Waals surface area contributed by atoms with Gasteiger partial charge in [0.2, 0.25) is 0 Å². The fourth-order valence-corrected chi connectivity index (χ4v) is 5.27. The summed E-state index contributed by atoms with van der Waals surface area (Å²) in [6, 6.07) is 16.0. The Morgan fingerprint density at radius 3 is 2.43 bits per heavy atom. The van der Waals surface area contributed by atoms with Crippen molar-refractivity contribution < 1.29 is 8.42 Å². The van der Waals surface area contributed by atoms with Crippen LogP contribution in [-0.4, -0.2) is 18.6 Å². The Morgan fingerprint density at radius 2 is 1.76 bits per heavy atom. The lowest BCUT2D eigenvalue weighted by Crippen LogP contribution is -2.12. The van der Waals surface area contributed by atoms with Gasteiger partial charge in [-0.1, -0.05) is 24.3 Å². The van der Waals surface area contributed by atoms with E-state index in [-0.39, 0.29) is 4.90 Å². The first-order chi connectivity index (χ1) is 10.1. The van der Waals surface area contributed by atoms with Gasteiger partial charge in [0.25, 0.3) is 10.0 Å². The molecule has 21 heavy (non-hydrogen) atoms. The van der Waals surface area contributed by atoms with E-state index in [1.165, 1.54) is 3.97 Å². The zero-order valence-electron chi connectivity index (χ0n) is 11.2. The molecule has 3 nitrogen and oxygen atoms in total. The minimum absolute atomic E-state index is 0.276. The van der Waals surface area contributed by atoms with E-state index in [0.717, 1.165) is 10.3 Å². The molecule has 0 aliphatic heterocycles. The number of aromatic nitrogens is 1. The van der Waals surface area contributed by atoms with Gasteiger partial charge in [-0.25, -0.2) is 12.4 Å². The molecule has 0 atom stereocenters. The smallest absolute Gasteiger partial charge is 0.227 e. The summed E-state index contributed by atoms with van der Waals surface area (Å²) in [7, 11) is -3.62. The molecular weight excluding hydrogens is 370 g/mol. The Labute approximate surface area is 136 Å². The van der Waals surface area contributed by atoms with Crippen LogP contribution in [0.15, 0.2) is 69.0 Å². The Balaban J connectivity index is 2.34. The molecule has 0 aliphatic carbocycles. The molecule has 0 fully saturated rings. The van der Waals surface area contributed by atoms with Crippen molar-refractivity contribution in [1.29, 1.82) is 0 Å². The van der Waals surface area contributed by atoms with E-state index in [4.69, 9.17) is 0 Å². The standard InChI is InChI=1S/C15H12BrNO2S2/c1-20-14-9-5-8-13-12(14)10-15(16)17(13)21(18,19)11-6-3-2-4-7-11/h2-10H,1H3. The average Bonchev–Trinajstić information content (AvgIpc) is 2.84. The molecule has 1 heterocycles. The summed E-state index contributed by atoms with van der Waals surface area (Å²) in [5.74, 6) is 0. The zero-order chi connectivity index (χ0) is 15.0. The predicted octanol–water partition coefficient (Wildman–Crippen LogP) is 4.36. The highest BCUT2D eigenvalue weighted by molar-refractivity contribution is 9.10. The first kappa shape index (κ1) is 14.7. The van der Waals surface area contributed by atoms with Crippen molar-refractivity contribution in [2.45, 2.75) is 9.79 Å². The van der Waals surface area contributed by atoms with E-state index in [1.54, 1.807) is 42.1 Å². The van der Waals surface area contributed by atoms with Crippen LogP contribution in [0.25, 0.3) is 10.9 Å².